The van der Waals surface area contributed by atoms with E-state index in [0.717, 1.165) is 6.42 Å². The third-order valence-corrected chi connectivity index (χ3v) is 7.89. The highest BCUT2D eigenvalue weighted by Crippen LogP contribution is 2.31. The number of fused-ring (bicyclic) bond motifs is 1. The second kappa shape index (κ2) is 9.69. The van der Waals surface area contributed by atoms with Crippen molar-refractivity contribution in [1.29, 1.82) is 0 Å². The molecule has 0 atom stereocenters. The number of rotatable bonds is 8. The van der Waals surface area contributed by atoms with Gasteiger partial charge in [-0.25, -0.2) is 12.9 Å². The maximum absolute atomic E-state index is 13.3. The molecule has 0 aliphatic carbocycles. The lowest BCUT2D eigenvalue weighted by molar-refractivity contribution is 0.112. The van der Waals surface area contributed by atoms with Crippen molar-refractivity contribution in [2.75, 3.05) is 39.8 Å². The van der Waals surface area contributed by atoms with Crippen molar-refractivity contribution in [1.82, 2.24) is 23.8 Å². The number of aromatic amines is 1. The number of benzene rings is 1. The fraction of sp³-hybridized carbons (Fsp3) is 0.435. The van der Waals surface area contributed by atoms with E-state index in [2.05, 4.69) is 15.0 Å². The number of nitrogens with zero attached hydrogens (tertiary/aromatic N) is 4. The Kier molecular flexibility index (Phi) is 6.87. The van der Waals surface area contributed by atoms with Crippen LogP contribution in [0.5, 0.6) is 5.75 Å². The Morgan fingerprint density at radius 2 is 1.88 bits per heavy atom. The number of hydrogen-bond donors (Lipinski definition) is 1. The molecule has 34 heavy (non-hydrogen) atoms. The number of H-pyrrole nitrogens is 1. The minimum Gasteiger partial charge on any atom is -0.493 e. The maximum Gasteiger partial charge on any atom is 0.275 e. The summed E-state index contributed by atoms with van der Waals surface area (Å²) in [6.45, 7) is 6.26. The van der Waals surface area contributed by atoms with Gasteiger partial charge in [0.05, 0.1) is 22.8 Å². The van der Waals surface area contributed by atoms with E-state index < -0.39 is 15.6 Å². The largest absolute Gasteiger partial charge is 0.493 e. The van der Waals surface area contributed by atoms with E-state index in [-0.39, 0.29) is 16.2 Å². The molecular weight excluding hydrogens is 458 g/mol. The number of likely N-dealkylation sites (N-methyl/N-ethyl adjacent to an activating group) is 1. The zero-order valence-corrected chi connectivity index (χ0v) is 20.4. The van der Waals surface area contributed by atoms with Crippen LogP contribution in [0.25, 0.3) is 16.9 Å². The van der Waals surface area contributed by atoms with E-state index in [1.165, 1.54) is 27.0 Å². The van der Waals surface area contributed by atoms with Crippen LogP contribution in [-0.4, -0.2) is 78.3 Å². The Labute approximate surface area is 198 Å². The molecule has 0 amide bonds. The molecule has 3 heterocycles. The number of ether oxygens (including phenoxy) is 1. The summed E-state index contributed by atoms with van der Waals surface area (Å²) in [6, 6.07) is 6.12. The molecule has 0 bridgehead atoms. The van der Waals surface area contributed by atoms with Gasteiger partial charge in [-0.15, -0.1) is 5.10 Å². The normalized spacial score (nSPS) is 15.6. The first-order valence-corrected chi connectivity index (χ1v) is 12.8. The lowest BCUT2D eigenvalue weighted by Crippen LogP contribution is -2.47. The monoisotopic (exact) mass is 487 g/mol. The first-order chi connectivity index (χ1) is 16.3. The lowest BCUT2D eigenvalue weighted by Gasteiger charge is -2.31. The molecule has 0 radical (unpaired) electrons. The highest BCUT2D eigenvalue weighted by atomic mass is 32.2. The molecule has 1 saturated heterocycles. The van der Waals surface area contributed by atoms with E-state index in [1.807, 2.05) is 20.9 Å². The van der Waals surface area contributed by atoms with Crippen molar-refractivity contribution in [2.45, 2.75) is 31.6 Å². The molecule has 2 aromatic heterocycles. The fourth-order valence-electron chi connectivity index (χ4n) is 4.16. The van der Waals surface area contributed by atoms with Gasteiger partial charge in [0.15, 0.2) is 12.1 Å². The second-order valence-electron chi connectivity index (χ2n) is 8.31. The van der Waals surface area contributed by atoms with E-state index >= 15 is 0 Å². The zero-order valence-electron chi connectivity index (χ0n) is 19.6. The van der Waals surface area contributed by atoms with Gasteiger partial charge in [-0.2, -0.15) is 4.31 Å². The standard InChI is InChI=1S/C23H29N5O5S/c1-4-6-19-16(15-29)13-20-23(30)24-22(25-28(19)20)18-14-17(7-8-21(18)33-5-2)34(31,32)27-11-9-26(3)10-12-27/h7-8,13-15H,4-6,9-12H2,1-3H3,(H,24,25,30). The predicted molar refractivity (Wildman–Crippen MR) is 128 cm³/mol. The molecule has 1 N–H and O–H groups in total. The van der Waals surface area contributed by atoms with E-state index in [4.69, 9.17) is 4.74 Å². The molecule has 0 spiro atoms. The Morgan fingerprint density at radius 3 is 2.53 bits per heavy atom. The van der Waals surface area contributed by atoms with Crippen LogP contribution in [-0.2, 0) is 16.4 Å². The molecule has 1 aromatic carbocycles. The van der Waals surface area contributed by atoms with Gasteiger partial charge in [0.2, 0.25) is 10.0 Å². The molecule has 1 aliphatic heterocycles. The van der Waals surface area contributed by atoms with Crippen molar-refractivity contribution in [3.05, 3.63) is 45.9 Å². The predicted octanol–water partition coefficient (Wildman–Crippen LogP) is 1.79. The highest BCUT2D eigenvalue weighted by molar-refractivity contribution is 7.89. The summed E-state index contributed by atoms with van der Waals surface area (Å²) in [4.78, 5) is 29.4. The summed E-state index contributed by atoms with van der Waals surface area (Å²) in [5, 5.41) is 4.59. The molecule has 0 unspecified atom stereocenters. The number of hydrogen-bond acceptors (Lipinski definition) is 7. The summed E-state index contributed by atoms with van der Waals surface area (Å²) in [7, 11) is -1.78. The van der Waals surface area contributed by atoms with Crippen molar-refractivity contribution in [3.8, 4) is 17.1 Å². The third kappa shape index (κ3) is 4.38. The first-order valence-electron chi connectivity index (χ1n) is 11.4. The fourth-order valence-corrected chi connectivity index (χ4v) is 5.60. The van der Waals surface area contributed by atoms with Crippen molar-refractivity contribution >= 4 is 21.8 Å². The average Bonchev–Trinajstić information content (AvgIpc) is 3.18. The molecule has 11 heteroatoms. The van der Waals surface area contributed by atoms with Crippen LogP contribution in [0.2, 0.25) is 0 Å². The number of carbonyl (C=O) groups is 1. The topological polar surface area (TPSA) is 117 Å². The molecule has 0 saturated carbocycles. The maximum atomic E-state index is 13.3. The summed E-state index contributed by atoms with van der Waals surface area (Å²) in [6.07, 6.45) is 2.04. The van der Waals surface area contributed by atoms with E-state index in [1.54, 1.807) is 6.07 Å². The van der Waals surface area contributed by atoms with Gasteiger partial charge in [-0.1, -0.05) is 13.3 Å². The van der Waals surface area contributed by atoms with Crippen LogP contribution in [0.15, 0.2) is 34.0 Å². The zero-order chi connectivity index (χ0) is 24.5. The molecule has 182 valence electrons. The SMILES string of the molecule is CCCc1c(C=O)cc2c(=O)[nH]c(-c3cc(S(=O)(=O)N4CCN(C)CC4)ccc3OCC)nn12. The van der Waals surface area contributed by atoms with Gasteiger partial charge in [-0.05, 0) is 44.7 Å². The van der Waals surface area contributed by atoms with E-state index in [0.29, 0.717) is 68.1 Å². The minimum atomic E-state index is -3.74. The Bertz CT molecular complexity index is 1370. The molecule has 1 aliphatic rings. The minimum absolute atomic E-state index is 0.105. The summed E-state index contributed by atoms with van der Waals surface area (Å²) in [5.74, 6) is 0.573. The van der Waals surface area contributed by atoms with Crippen LogP contribution >= 0.6 is 0 Å². The number of aryl methyl sites for hydroxylation is 1. The first kappa shape index (κ1) is 24.1. The molecule has 1 fully saturated rings. The van der Waals surface area contributed by atoms with Gasteiger partial charge in [0.1, 0.15) is 11.3 Å². The molecular formula is C23H29N5O5S. The lowest BCUT2D eigenvalue weighted by atomic mass is 10.2. The summed E-state index contributed by atoms with van der Waals surface area (Å²) in [5.41, 5.74) is 1.24. The number of aromatic nitrogens is 3. The van der Waals surface area contributed by atoms with Gasteiger partial charge < -0.3 is 14.6 Å². The number of aldehydes is 1. The summed E-state index contributed by atoms with van der Waals surface area (Å²) < 4.78 is 35.3. The smallest absolute Gasteiger partial charge is 0.275 e. The third-order valence-electron chi connectivity index (χ3n) is 5.99. The van der Waals surface area contributed by atoms with Crippen LogP contribution < -0.4 is 10.3 Å². The van der Waals surface area contributed by atoms with Crippen LogP contribution in [0.3, 0.4) is 0 Å². The number of nitrogens with one attached hydrogen (secondary N) is 1. The Morgan fingerprint density at radius 1 is 1.15 bits per heavy atom. The van der Waals surface area contributed by atoms with Crippen molar-refractivity contribution in [3.63, 3.8) is 0 Å². The highest BCUT2D eigenvalue weighted by Gasteiger charge is 2.29. The number of carbonyl (C=O) groups excluding carboxylic acids is 1. The average molecular weight is 488 g/mol. The van der Waals surface area contributed by atoms with E-state index in [9.17, 15) is 18.0 Å². The van der Waals surface area contributed by atoms with Gasteiger partial charge >= 0.3 is 0 Å². The molecule has 3 aromatic rings. The quantitative estimate of drug-likeness (QED) is 0.482. The number of sulfonamides is 1. The van der Waals surface area contributed by atoms with Crippen LogP contribution in [0, 0.1) is 0 Å². The van der Waals surface area contributed by atoms with Gasteiger partial charge in [0.25, 0.3) is 5.56 Å². The van der Waals surface area contributed by atoms with Crippen molar-refractivity contribution in [2.24, 2.45) is 0 Å². The number of piperazine rings is 1. The Hall–Kier alpha value is -3.02. The van der Waals surface area contributed by atoms with Crippen molar-refractivity contribution < 1.29 is 17.9 Å². The second-order valence-corrected chi connectivity index (χ2v) is 10.3. The van der Waals surface area contributed by atoms with Gasteiger partial charge in [0, 0.05) is 31.7 Å². The van der Waals surface area contributed by atoms with Crippen LogP contribution in [0.4, 0.5) is 0 Å². The molecule has 4 rings (SSSR count). The summed E-state index contributed by atoms with van der Waals surface area (Å²) >= 11 is 0. The van der Waals surface area contributed by atoms with Gasteiger partial charge in [-0.3, -0.25) is 9.59 Å². The Balaban J connectivity index is 1.87. The molecule has 10 nitrogen and oxygen atoms in total. The van der Waals surface area contributed by atoms with Crippen LogP contribution in [0.1, 0.15) is 36.3 Å².